The van der Waals surface area contributed by atoms with E-state index in [-0.39, 0.29) is 24.1 Å². The molecule has 1 aliphatic rings. The van der Waals surface area contributed by atoms with Crippen molar-refractivity contribution in [1.82, 2.24) is 0 Å². The molecule has 2 atom stereocenters. The molecule has 4 nitrogen and oxygen atoms in total. The molecular formula is C13H20O4. The van der Waals surface area contributed by atoms with Crippen molar-refractivity contribution in [2.24, 2.45) is 11.3 Å². The predicted octanol–water partition coefficient (Wildman–Crippen LogP) is 1.90. The highest BCUT2D eigenvalue weighted by Gasteiger charge is 2.44. The van der Waals surface area contributed by atoms with Gasteiger partial charge in [0.15, 0.2) is 0 Å². The number of aldehydes is 1. The monoisotopic (exact) mass is 240 g/mol. The Bertz CT molecular complexity index is 311. The first-order valence-corrected chi connectivity index (χ1v) is 6.22. The van der Waals surface area contributed by atoms with Crippen LogP contribution in [-0.2, 0) is 19.1 Å². The van der Waals surface area contributed by atoms with Crippen molar-refractivity contribution in [3.63, 3.8) is 0 Å². The van der Waals surface area contributed by atoms with E-state index in [0.29, 0.717) is 19.4 Å². The predicted molar refractivity (Wildman–Crippen MR) is 62.4 cm³/mol. The number of esters is 1. The molecule has 0 radical (unpaired) electrons. The largest absolute Gasteiger partial charge is 0.466 e. The van der Waals surface area contributed by atoms with Gasteiger partial charge in [-0.05, 0) is 25.7 Å². The van der Waals surface area contributed by atoms with Gasteiger partial charge < -0.3 is 9.53 Å². The maximum Gasteiger partial charge on any atom is 0.306 e. The fourth-order valence-corrected chi connectivity index (χ4v) is 2.49. The van der Waals surface area contributed by atoms with E-state index in [4.69, 9.17) is 4.74 Å². The van der Waals surface area contributed by atoms with Crippen LogP contribution in [-0.4, -0.2) is 24.6 Å². The molecule has 0 aromatic heterocycles. The molecule has 1 saturated carbocycles. The van der Waals surface area contributed by atoms with Crippen molar-refractivity contribution in [2.75, 3.05) is 6.61 Å². The second-order valence-corrected chi connectivity index (χ2v) is 4.70. The molecule has 0 spiro atoms. The number of rotatable bonds is 5. The SMILES string of the molecule is CCOC(=O)C[C@@H](C)[C@]1(C=O)CCCCC1=O. The van der Waals surface area contributed by atoms with Crippen LogP contribution in [0, 0.1) is 11.3 Å². The van der Waals surface area contributed by atoms with Crippen LogP contribution in [0.15, 0.2) is 0 Å². The minimum Gasteiger partial charge on any atom is -0.466 e. The summed E-state index contributed by atoms with van der Waals surface area (Å²) < 4.78 is 4.86. The van der Waals surface area contributed by atoms with Gasteiger partial charge >= 0.3 is 5.97 Å². The number of carbonyl (C=O) groups excluding carboxylic acids is 3. The average molecular weight is 240 g/mol. The van der Waals surface area contributed by atoms with Gasteiger partial charge in [-0.25, -0.2) is 0 Å². The first-order chi connectivity index (χ1) is 8.06. The van der Waals surface area contributed by atoms with Gasteiger partial charge in [-0.2, -0.15) is 0 Å². The Kier molecular flexibility index (Phi) is 4.85. The molecule has 1 rings (SSSR count). The number of carbonyl (C=O) groups is 3. The summed E-state index contributed by atoms with van der Waals surface area (Å²) in [6.45, 7) is 3.85. The second kappa shape index (κ2) is 5.94. The molecule has 1 fully saturated rings. The first-order valence-electron chi connectivity index (χ1n) is 6.22. The van der Waals surface area contributed by atoms with Crippen LogP contribution in [0.3, 0.4) is 0 Å². The lowest BCUT2D eigenvalue weighted by Gasteiger charge is -2.35. The molecule has 0 amide bonds. The zero-order valence-corrected chi connectivity index (χ0v) is 10.5. The molecule has 0 N–H and O–H groups in total. The molecule has 0 heterocycles. The van der Waals surface area contributed by atoms with Gasteiger partial charge in [0.05, 0.1) is 12.0 Å². The molecule has 0 aromatic rings. The van der Waals surface area contributed by atoms with Crippen LogP contribution < -0.4 is 0 Å². The van der Waals surface area contributed by atoms with E-state index in [9.17, 15) is 14.4 Å². The summed E-state index contributed by atoms with van der Waals surface area (Å²) in [4.78, 5) is 34.7. The first kappa shape index (κ1) is 13.9. The Morgan fingerprint density at radius 2 is 2.24 bits per heavy atom. The van der Waals surface area contributed by atoms with Gasteiger partial charge in [-0.15, -0.1) is 0 Å². The van der Waals surface area contributed by atoms with E-state index < -0.39 is 5.41 Å². The van der Waals surface area contributed by atoms with Crippen molar-refractivity contribution in [3.05, 3.63) is 0 Å². The van der Waals surface area contributed by atoms with Crippen LogP contribution >= 0.6 is 0 Å². The standard InChI is InChI=1S/C13H20O4/c1-3-17-12(16)8-10(2)13(9-14)7-5-4-6-11(13)15/h9-10H,3-8H2,1-2H3/t10-,13-/m1/s1. The molecule has 0 saturated heterocycles. The minimum absolute atomic E-state index is 0.0180. The fraction of sp³-hybridized carbons (Fsp3) is 0.769. The smallest absolute Gasteiger partial charge is 0.306 e. The van der Waals surface area contributed by atoms with Crippen molar-refractivity contribution < 1.29 is 19.1 Å². The number of ketones is 1. The minimum atomic E-state index is -0.953. The number of Topliss-reactive ketones (excluding diaryl/α,β-unsaturated/α-hetero) is 1. The molecule has 17 heavy (non-hydrogen) atoms. The highest BCUT2D eigenvalue weighted by atomic mass is 16.5. The van der Waals surface area contributed by atoms with Crippen molar-refractivity contribution in [1.29, 1.82) is 0 Å². The summed E-state index contributed by atoms with van der Waals surface area (Å²) in [5.74, 6) is -0.623. The van der Waals surface area contributed by atoms with Crippen molar-refractivity contribution in [3.8, 4) is 0 Å². The fourth-order valence-electron chi connectivity index (χ4n) is 2.49. The van der Waals surface area contributed by atoms with Crippen LogP contribution in [0.2, 0.25) is 0 Å². The third kappa shape index (κ3) is 2.93. The quantitative estimate of drug-likeness (QED) is 0.418. The van der Waals surface area contributed by atoms with Crippen LogP contribution in [0.1, 0.15) is 46.0 Å². The van der Waals surface area contributed by atoms with Crippen LogP contribution in [0.4, 0.5) is 0 Å². The maximum absolute atomic E-state index is 11.9. The van der Waals surface area contributed by atoms with Gasteiger partial charge in [0.2, 0.25) is 0 Å². The Morgan fingerprint density at radius 3 is 2.76 bits per heavy atom. The molecule has 0 bridgehead atoms. The molecule has 4 heteroatoms. The summed E-state index contributed by atoms with van der Waals surface area (Å²) in [7, 11) is 0. The topological polar surface area (TPSA) is 60.4 Å². The van der Waals surface area contributed by atoms with Gasteiger partial charge in [0.25, 0.3) is 0 Å². The summed E-state index contributed by atoms with van der Waals surface area (Å²) in [5, 5.41) is 0. The molecule has 96 valence electrons. The third-order valence-electron chi connectivity index (χ3n) is 3.63. The van der Waals surface area contributed by atoms with Gasteiger partial charge in [-0.1, -0.05) is 13.3 Å². The second-order valence-electron chi connectivity index (χ2n) is 4.70. The molecular weight excluding hydrogens is 220 g/mol. The maximum atomic E-state index is 11.9. The average Bonchev–Trinajstić information content (AvgIpc) is 2.30. The number of hydrogen-bond donors (Lipinski definition) is 0. The molecule has 0 unspecified atom stereocenters. The highest BCUT2D eigenvalue weighted by molar-refractivity contribution is 5.99. The van der Waals surface area contributed by atoms with Crippen LogP contribution in [0.25, 0.3) is 0 Å². The van der Waals surface area contributed by atoms with E-state index in [1.54, 1.807) is 13.8 Å². The van der Waals surface area contributed by atoms with E-state index in [0.717, 1.165) is 19.1 Å². The highest BCUT2D eigenvalue weighted by Crippen LogP contribution is 2.39. The Balaban J connectivity index is 2.74. The Hall–Kier alpha value is -1.19. The van der Waals surface area contributed by atoms with Gasteiger partial charge in [0.1, 0.15) is 12.1 Å². The molecule has 1 aliphatic carbocycles. The lowest BCUT2D eigenvalue weighted by molar-refractivity contribution is -0.148. The molecule has 0 aromatic carbocycles. The Labute approximate surface area is 102 Å². The van der Waals surface area contributed by atoms with E-state index in [1.165, 1.54) is 0 Å². The van der Waals surface area contributed by atoms with Gasteiger partial charge in [-0.3, -0.25) is 9.59 Å². The summed E-state index contributed by atoms with van der Waals surface area (Å²) in [5.41, 5.74) is -0.953. The van der Waals surface area contributed by atoms with E-state index in [2.05, 4.69) is 0 Å². The summed E-state index contributed by atoms with van der Waals surface area (Å²) in [6.07, 6.45) is 3.62. The molecule has 0 aliphatic heterocycles. The van der Waals surface area contributed by atoms with Gasteiger partial charge in [0, 0.05) is 12.8 Å². The number of hydrogen-bond acceptors (Lipinski definition) is 4. The Morgan fingerprint density at radius 1 is 1.53 bits per heavy atom. The summed E-state index contributed by atoms with van der Waals surface area (Å²) in [6, 6.07) is 0. The van der Waals surface area contributed by atoms with E-state index >= 15 is 0 Å². The van der Waals surface area contributed by atoms with Crippen LogP contribution in [0.5, 0.6) is 0 Å². The third-order valence-corrected chi connectivity index (χ3v) is 3.63. The lowest BCUT2D eigenvalue weighted by Crippen LogP contribution is -2.42. The lowest BCUT2D eigenvalue weighted by atomic mass is 9.65. The normalized spacial score (nSPS) is 26.4. The van der Waals surface area contributed by atoms with Crippen molar-refractivity contribution in [2.45, 2.75) is 46.0 Å². The number of ether oxygens (including phenoxy) is 1. The zero-order valence-electron chi connectivity index (χ0n) is 10.5. The zero-order chi connectivity index (χ0) is 12.9. The summed E-state index contributed by atoms with van der Waals surface area (Å²) >= 11 is 0. The van der Waals surface area contributed by atoms with Crippen molar-refractivity contribution >= 4 is 18.0 Å². The van der Waals surface area contributed by atoms with E-state index in [1.807, 2.05) is 0 Å².